The maximum absolute atomic E-state index is 11.8. The lowest BCUT2D eigenvalue weighted by Gasteiger charge is -2.07. The summed E-state index contributed by atoms with van der Waals surface area (Å²) in [4.78, 5) is 38.2. The van der Waals surface area contributed by atoms with Gasteiger partial charge >= 0.3 is 11.7 Å². The molecule has 2 N–H and O–H groups in total. The fraction of sp³-hybridized carbons (Fsp3) is 0.250. The Morgan fingerprint density at radius 1 is 1.38 bits per heavy atom. The number of hydrogen-bond donors (Lipinski definition) is 2. The molecule has 0 aromatic carbocycles. The highest BCUT2D eigenvalue weighted by atomic mass is 16.4. The molecule has 9 nitrogen and oxygen atoms in total. The Labute approximate surface area is 118 Å². The molecule has 0 aliphatic rings. The van der Waals surface area contributed by atoms with Crippen molar-refractivity contribution in [3.05, 3.63) is 50.4 Å². The zero-order valence-corrected chi connectivity index (χ0v) is 11.4. The molecule has 0 bridgehead atoms. The van der Waals surface area contributed by atoms with E-state index in [0.717, 1.165) is 9.25 Å². The molecule has 0 unspecified atom stereocenters. The summed E-state index contributed by atoms with van der Waals surface area (Å²) < 4.78 is 1.96. The van der Waals surface area contributed by atoms with Crippen LogP contribution in [0, 0.1) is 0 Å². The largest absolute Gasteiger partial charge is 0.478 e. The standard InChI is InChI=1S/C12H13N5O4/c1-16-10(18)9(15-17(2)12(16)21)14-6-8-5-7(11(19)20)3-4-13-8/h3-5H,6H2,1-2H3,(H,14,15)(H,19,20). The van der Waals surface area contributed by atoms with Crippen molar-refractivity contribution in [2.45, 2.75) is 6.54 Å². The number of aryl methyl sites for hydroxylation is 1. The molecule has 0 amide bonds. The summed E-state index contributed by atoms with van der Waals surface area (Å²) in [7, 11) is 2.77. The molecule has 2 heterocycles. The monoisotopic (exact) mass is 291 g/mol. The van der Waals surface area contributed by atoms with Gasteiger partial charge in [0, 0.05) is 20.3 Å². The SMILES string of the molecule is Cn1nc(NCc2cc(C(=O)O)ccn2)c(=O)n(C)c1=O. The number of carbonyl (C=O) groups is 1. The second kappa shape index (κ2) is 5.57. The van der Waals surface area contributed by atoms with E-state index in [-0.39, 0.29) is 17.9 Å². The van der Waals surface area contributed by atoms with Crippen molar-refractivity contribution in [3.8, 4) is 0 Å². The second-order valence-corrected chi connectivity index (χ2v) is 4.31. The maximum atomic E-state index is 11.8. The number of aromatic nitrogens is 4. The molecule has 0 radical (unpaired) electrons. The average Bonchev–Trinajstić information content (AvgIpc) is 2.47. The minimum atomic E-state index is -1.06. The Morgan fingerprint density at radius 2 is 2.10 bits per heavy atom. The molecule has 2 aromatic heterocycles. The quantitative estimate of drug-likeness (QED) is 0.755. The van der Waals surface area contributed by atoms with Crippen molar-refractivity contribution in [3.63, 3.8) is 0 Å². The van der Waals surface area contributed by atoms with Crippen LogP contribution >= 0.6 is 0 Å². The summed E-state index contributed by atoms with van der Waals surface area (Å²) in [5.74, 6) is -1.07. The number of pyridine rings is 1. The lowest BCUT2D eigenvalue weighted by atomic mass is 10.2. The third kappa shape index (κ3) is 2.96. The van der Waals surface area contributed by atoms with Crippen LogP contribution in [0.1, 0.15) is 16.1 Å². The Hall–Kier alpha value is -2.97. The number of aromatic carboxylic acids is 1. The normalized spacial score (nSPS) is 10.4. The van der Waals surface area contributed by atoms with Gasteiger partial charge in [0.05, 0.1) is 17.8 Å². The van der Waals surface area contributed by atoms with Crippen LogP contribution in [0.25, 0.3) is 0 Å². The minimum absolute atomic E-state index is 0.0119. The number of carboxylic acid groups (broad SMARTS) is 1. The third-order valence-corrected chi connectivity index (χ3v) is 2.82. The van der Waals surface area contributed by atoms with Gasteiger partial charge in [-0.3, -0.25) is 14.3 Å². The lowest BCUT2D eigenvalue weighted by Crippen LogP contribution is -2.39. The Bertz CT molecular complexity index is 808. The van der Waals surface area contributed by atoms with Gasteiger partial charge in [-0.15, -0.1) is 5.10 Å². The first-order chi connectivity index (χ1) is 9.90. The van der Waals surface area contributed by atoms with E-state index in [1.54, 1.807) is 0 Å². The van der Waals surface area contributed by atoms with E-state index < -0.39 is 17.2 Å². The Morgan fingerprint density at radius 3 is 2.76 bits per heavy atom. The zero-order chi connectivity index (χ0) is 15.6. The van der Waals surface area contributed by atoms with Gasteiger partial charge in [0.25, 0.3) is 5.56 Å². The number of carboxylic acids is 1. The van der Waals surface area contributed by atoms with E-state index >= 15 is 0 Å². The molecule has 0 saturated heterocycles. The number of nitrogens with one attached hydrogen (secondary N) is 1. The molecular formula is C12H13N5O4. The molecule has 0 aliphatic carbocycles. The van der Waals surface area contributed by atoms with Crippen LogP contribution in [0.4, 0.5) is 5.82 Å². The number of nitrogens with zero attached hydrogens (tertiary/aromatic N) is 4. The van der Waals surface area contributed by atoms with Crippen molar-refractivity contribution in [2.24, 2.45) is 14.1 Å². The van der Waals surface area contributed by atoms with Gasteiger partial charge in [-0.25, -0.2) is 14.3 Å². The number of rotatable bonds is 4. The molecule has 9 heteroatoms. The van der Waals surface area contributed by atoms with Crippen molar-refractivity contribution >= 4 is 11.8 Å². The molecule has 0 aliphatic heterocycles. The molecule has 110 valence electrons. The lowest BCUT2D eigenvalue weighted by molar-refractivity contribution is 0.0696. The van der Waals surface area contributed by atoms with Gasteiger partial charge in [0.2, 0.25) is 5.82 Å². The second-order valence-electron chi connectivity index (χ2n) is 4.31. The predicted molar refractivity (Wildman–Crippen MR) is 73.2 cm³/mol. The highest BCUT2D eigenvalue weighted by Crippen LogP contribution is 2.03. The maximum Gasteiger partial charge on any atom is 0.346 e. The molecule has 0 saturated carbocycles. The number of hydrogen-bond acceptors (Lipinski definition) is 6. The van der Waals surface area contributed by atoms with Crippen LogP contribution < -0.4 is 16.6 Å². The molecule has 2 rings (SSSR count). The Balaban J connectivity index is 2.25. The predicted octanol–water partition coefficient (Wildman–Crippen LogP) is -0.816. The van der Waals surface area contributed by atoms with Gasteiger partial charge < -0.3 is 10.4 Å². The zero-order valence-electron chi connectivity index (χ0n) is 11.4. The van der Waals surface area contributed by atoms with E-state index in [1.807, 2.05) is 0 Å². The minimum Gasteiger partial charge on any atom is -0.478 e. The van der Waals surface area contributed by atoms with Gasteiger partial charge in [-0.1, -0.05) is 0 Å². The molecule has 2 aromatic rings. The van der Waals surface area contributed by atoms with E-state index in [4.69, 9.17) is 5.11 Å². The first-order valence-electron chi connectivity index (χ1n) is 5.96. The van der Waals surface area contributed by atoms with Crippen LogP contribution in [0.15, 0.2) is 27.9 Å². The van der Waals surface area contributed by atoms with Crippen molar-refractivity contribution < 1.29 is 9.90 Å². The summed E-state index contributed by atoms with van der Waals surface area (Å²) in [6.07, 6.45) is 1.37. The summed E-state index contributed by atoms with van der Waals surface area (Å²) in [6, 6.07) is 2.76. The van der Waals surface area contributed by atoms with E-state index in [0.29, 0.717) is 5.69 Å². The fourth-order valence-electron chi connectivity index (χ4n) is 1.69. The van der Waals surface area contributed by atoms with Gasteiger partial charge in [0.1, 0.15) is 0 Å². The van der Waals surface area contributed by atoms with Crippen LogP contribution in [0.5, 0.6) is 0 Å². The van der Waals surface area contributed by atoms with Gasteiger partial charge in [0.15, 0.2) is 0 Å². The van der Waals surface area contributed by atoms with Gasteiger partial charge in [-0.05, 0) is 12.1 Å². The van der Waals surface area contributed by atoms with Gasteiger partial charge in [-0.2, -0.15) is 0 Å². The van der Waals surface area contributed by atoms with Crippen LogP contribution in [-0.2, 0) is 20.6 Å². The topological polar surface area (TPSA) is 119 Å². The molecule has 21 heavy (non-hydrogen) atoms. The van der Waals surface area contributed by atoms with Crippen LogP contribution in [0.2, 0.25) is 0 Å². The first-order valence-corrected chi connectivity index (χ1v) is 5.96. The van der Waals surface area contributed by atoms with Crippen LogP contribution in [-0.4, -0.2) is 30.4 Å². The van der Waals surface area contributed by atoms with Crippen LogP contribution in [0.3, 0.4) is 0 Å². The highest BCUT2D eigenvalue weighted by molar-refractivity contribution is 5.87. The summed E-state index contributed by atoms with van der Waals surface area (Å²) in [6.45, 7) is 0.113. The summed E-state index contributed by atoms with van der Waals surface area (Å²) in [5, 5.41) is 15.5. The highest BCUT2D eigenvalue weighted by Gasteiger charge is 2.09. The van der Waals surface area contributed by atoms with Crippen molar-refractivity contribution in [1.82, 2.24) is 19.3 Å². The smallest absolute Gasteiger partial charge is 0.346 e. The molecule has 0 fully saturated rings. The first kappa shape index (κ1) is 14.4. The number of anilines is 1. The average molecular weight is 291 g/mol. The fourth-order valence-corrected chi connectivity index (χ4v) is 1.69. The molecule has 0 atom stereocenters. The Kier molecular flexibility index (Phi) is 3.83. The molecule has 0 spiro atoms. The molecular weight excluding hydrogens is 278 g/mol. The van der Waals surface area contributed by atoms with Crippen molar-refractivity contribution in [1.29, 1.82) is 0 Å². The van der Waals surface area contributed by atoms with E-state index in [9.17, 15) is 14.4 Å². The third-order valence-electron chi connectivity index (χ3n) is 2.82. The summed E-state index contributed by atoms with van der Waals surface area (Å²) >= 11 is 0. The summed E-state index contributed by atoms with van der Waals surface area (Å²) in [5.41, 5.74) is -0.556. The van der Waals surface area contributed by atoms with E-state index in [2.05, 4.69) is 15.4 Å². The van der Waals surface area contributed by atoms with E-state index in [1.165, 1.54) is 32.4 Å². The van der Waals surface area contributed by atoms with Crippen molar-refractivity contribution in [2.75, 3.05) is 5.32 Å².